The average molecular weight is 242 g/mol. The third-order valence-corrected chi connectivity index (χ3v) is 2.62. The fourth-order valence-corrected chi connectivity index (χ4v) is 1.67. The molecule has 1 fully saturated rings. The molecule has 1 aliphatic heterocycles. The zero-order valence-electron chi connectivity index (χ0n) is 10.2. The van der Waals surface area contributed by atoms with Gasteiger partial charge < -0.3 is 20.1 Å². The number of carbonyl (C=O) groups excluding carboxylic acids is 1. The van der Waals surface area contributed by atoms with E-state index in [1.807, 2.05) is 0 Å². The van der Waals surface area contributed by atoms with Crippen molar-refractivity contribution < 1.29 is 14.3 Å². The molecule has 5 heteroatoms. The zero-order valence-corrected chi connectivity index (χ0v) is 10.2. The van der Waals surface area contributed by atoms with Gasteiger partial charge in [0.25, 0.3) is 0 Å². The molecule has 0 unspecified atom stereocenters. The molecule has 0 spiro atoms. The third-order valence-electron chi connectivity index (χ3n) is 2.62. The number of piperidine rings is 1. The van der Waals surface area contributed by atoms with Crippen LogP contribution in [0.25, 0.3) is 0 Å². The first-order valence-corrected chi connectivity index (χ1v) is 6.14. The molecule has 17 heavy (non-hydrogen) atoms. The van der Waals surface area contributed by atoms with Gasteiger partial charge in [0.15, 0.2) is 0 Å². The summed E-state index contributed by atoms with van der Waals surface area (Å²) in [5, 5.41) is 6.04. The summed E-state index contributed by atoms with van der Waals surface area (Å²) in [7, 11) is 0. The predicted molar refractivity (Wildman–Crippen MR) is 65.6 cm³/mol. The van der Waals surface area contributed by atoms with Crippen molar-refractivity contribution in [1.29, 1.82) is 0 Å². The van der Waals surface area contributed by atoms with Gasteiger partial charge in [-0.3, -0.25) is 4.79 Å². The Hall–Kier alpha value is -1.07. The highest BCUT2D eigenvalue weighted by Crippen LogP contribution is 2.06. The first-order chi connectivity index (χ1) is 8.33. The lowest BCUT2D eigenvalue weighted by Crippen LogP contribution is -2.36. The highest BCUT2D eigenvalue weighted by molar-refractivity contribution is 5.77. The molecule has 0 aromatic rings. The second-order valence-electron chi connectivity index (χ2n) is 4.00. The van der Waals surface area contributed by atoms with Crippen molar-refractivity contribution in [3.8, 4) is 0 Å². The molecule has 0 aromatic carbocycles. The number of nitrogens with one attached hydrogen (secondary N) is 2. The van der Waals surface area contributed by atoms with Crippen LogP contribution >= 0.6 is 0 Å². The molecule has 0 radical (unpaired) electrons. The first kappa shape index (κ1) is 14.0. The summed E-state index contributed by atoms with van der Waals surface area (Å²) >= 11 is 0. The Balaban J connectivity index is 1.94. The maximum absolute atomic E-state index is 11.4. The van der Waals surface area contributed by atoms with Crippen LogP contribution in [0.2, 0.25) is 0 Å². The standard InChI is InChI=1S/C12H22N2O3/c1-2-16-9-3-6-14-12(15)10-17-11-4-7-13-8-5-11/h2,11,13H,1,3-10H2,(H,14,15). The van der Waals surface area contributed by atoms with E-state index >= 15 is 0 Å². The Kier molecular flexibility index (Phi) is 7.42. The smallest absolute Gasteiger partial charge is 0.246 e. The van der Waals surface area contributed by atoms with Crippen LogP contribution in [0.4, 0.5) is 0 Å². The van der Waals surface area contributed by atoms with E-state index in [2.05, 4.69) is 17.2 Å². The van der Waals surface area contributed by atoms with Gasteiger partial charge in [0.2, 0.25) is 5.91 Å². The van der Waals surface area contributed by atoms with Crippen molar-refractivity contribution in [2.75, 3.05) is 32.8 Å². The maximum atomic E-state index is 11.4. The molecule has 5 nitrogen and oxygen atoms in total. The Labute approximate surface area is 103 Å². The van der Waals surface area contributed by atoms with E-state index in [1.165, 1.54) is 6.26 Å². The number of rotatable bonds is 8. The number of hydrogen-bond donors (Lipinski definition) is 2. The van der Waals surface area contributed by atoms with Crippen LogP contribution in [0.15, 0.2) is 12.8 Å². The fourth-order valence-electron chi connectivity index (χ4n) is 1.67. The summed E-state index contributed by atoms with van der Waals surface area (Å²) in [6.07, 6.45) is 4.39. The van der Waals surface area contributed by atoms with Gasteiger partial charge in [0, 0.05) is 6.54 Å². The van der Waals surface area contributed by atoms with E-state index in [9.17, 15) is 4.79 Å². The van der Waals surface area contributed by atoms with Crippen LogP contribution in [0, 0.1) is 0 Å². The van der Waals surface area contributed by atoms with Crippen LogP contribution in [0.5, 0.6) is 0 Å². The van der Waals surface area contributed by atoms with E-state index < -0.39 is 0 Å². The molecule has 2 N–H and O–H groups in total. The molecule has 0 atom stereocenters. The lowest BCUT2D eigenvalue weighted by molar-refractivity contribution is -0.128. The van der Waals surface area contributed by atoms with Crippen molar-refractivity contribution >= 4 is 5.91 Å². The normalized spacial score (nSPS) is 16.5. The van der Waals surface area contributed by atoms with Crippen molar-refractivity contribution in [2.45, 2.75) is 25.4 Å². The number of hydrogen-bond acceptors (Lipinski definition) is 4. The van der Waals surface area contributed by atoms with Crippen LogP contribution in [0.1, 0.15) is 19.3 Å². The molecule has 0 aliphatic carbocycles. The van der Waals surface area contributed by atoms with E-state index in [0.29, 0.717) is 13.2 Å². The van der Waals surface area contributed by atoms with Gasteiger partial charge in [-0.25, -0.2) is 0 Å². The second-order valence-corrected chi connectivity index (χ2v) is 4.00. The Morgan fingerprint density at radius 2 is 2.24 bits per heavy atom. The van der Waals surface area contributed by atoms with Crippen molar-refractivity contribution in [2.24, 2.45) is 0 Å². The average Bonchev–Trinajstić information content (AvgIpc) is 2.37. The minimum atomic E-state index is -0.0536. The molecular weight excluding hydrogens is 220 g/mol. The van der Waals surface area contributed by atoms with Gasteiger partial charge in [-0.2, -0.15) is 0 Å². The number of amides is 1. The van der Waals surface area contributed by atoms with E-state index in [-0.39, 0.29) is 18.6 Å². The van der Waals surface area contributed by atoms with Gasteiger partial charge in [-0.05, 0) is 32.4 Å². The zero-order chi connectivity index (χ0) is 12.3. The monoisotopic (exact) mass is 242 g/mol. The van der Waals surface area contributed by atoms with E-state index in [0.717, 1.165) is 32.4 Å². The van der Waals surface area contributed by atoms with Crippen LogP contribution in [-0.4, -0.2) is 44.9 Å². The SMILES string of the molecule is C=COCCCNC(=O)COC1CCNCC1. The molecule has 0 bridgehead atoms. The largest absolute Gasteiger partial charge is 0.502 e. The minimum absolute atomic E-state index is 0.0536. The molecule has 1 rings (SSSR count). The third kappa shape index (κ3) is 6.97. The van der Waals surface area contributed by atoms with Crippen molar-refractivity contribution in [3.05, 3.63) is 12.8 Å². The first-order valence-electron chi connectivity index (χ1n) is 6.14. The topological polar surface area (TPSA) is 59.6 Å². The molecule has 1 heterocycles. The van der Waals surface area contributed by atoms with Crippen LogP contribution in [-0.2, 0) is 14.3 Å². The van der Waals surface area contributed by atoms with E-state index in [1.54, 1.807) is 0 Å². The van der Waals surface area contributed by atoms with Gasteiger partial charge >= 0.3 is 0 Å². The maximum Gasteiger partial charge on any atom is 0.246 e. The molecule has 0 aromatic heterocycles. The quantitative estimate of drug-likeness (QED) is 0.478. The lowest BCUT2D eigenvalue weighted by atomic mass is 10.1. The highest BCUT2D eigenvalue weighted by atomic mass is 16.5. The Morgan fingerprint density at radius 3 is 2.94 bits per heavy atom. The summed E-state index contributed by atoms with van der Waals surface area (Å²) < 4.78 is 10.5. The van der Waals surface area contributed by atoms with Crippen LogP contribution in [0.3, 0.4) is 0 Å². The second kappa shape index (κ2) is 9.01. The molecule has 1 saturated heterocycles. The van der Waals surface area contributed by atoms with Gasteiger partial charge in [0.1, 0.15) is 6.61 Å². The fraction of sp³-hybridized carbons (Fsp3) is 0.750. The summed E-state index contributed by atoms with van der Waals surface area (Å²) in [6, 6.07) is 0. The summed E-state index contributed by atoms with van der Waals surface area (Å²) in [5.74, 6) is -0.0536. The lowest BCUT2D eigenvalue weighted by Gasteiger charge is -2.22. The Morgan fingerprint density at radius 1 is 1.47 bits per heavy atom. The highest BCUT2D eigenvalue weighted by Gasteiger charge is 2.14. The molecule has 98 valence electrons. The molecule has 0 saturated carbocycles. The molecular formula is C12H22N2O3. The molecule has 1 amide bonds. The molecule has 1 aliphatic rings. The number of ether oxygens (including phenoxy) is 2. The van der Waals surface area contributed by atoms with Crippen molar-refractivity contribution in [3.63, 3.8) is 0 Å². The van der Waals surface area contributed by atoms with E-state index in [4.69, 9.17) is 9.47 Å². The predicted octanol–water partition coefficient (Wildman–Crippen LogP) is 0.421. The summed E-state index contributed by atoms with van der Waals surface area (Å²) in [5.41, 5.74) is 0. The van der Waals surface area contributed by atoms with Gasteiger partial charge in [0.05, 0.1) is 19.0 Å². The number of carbonyl (C=O) groups is 1. The minimum Gasteiger partial charge on any atom is -0.502 e. The Bertz CT molecular complexity index is 228. The summed E-state index contributed by atoms with van der Waals surface area (Å²) in [6.45, 7) is 6.75. The van der Waals surface area contributed by atoms with Gasteiger partial charge in [-0.15, -0.1) is 0 Å². The van der Waals surface area contributed by atoms with Crippen molar-refractivity contribution in [1.82, 2.24) is 10.6 Å². The van der Waals surface area contributed by atoms with Crippen LogP contribution < -0.4 is 10.6 Å². The summed E-state index contributed by atoms with van der Waals surface area (Å²) in [4.78, 5) is 11.4. The van der Waals surface area contributed by atoms with Gasteiger partial charge in [-0.1, -0.05) is 6.58 Å².